The molecule has 0 bridgehead atoms. The second-order valence-electron chi connectivity index (χ2n) is 5.91. The molecule has 1 aromatic carbocycles. The molecule has 116 valence electrons. The molecular weight excluding hydrogens is 335 g/mol. The van der Waals surface area contributed by atoms with Crippen molar-refractivity contribution in [3.05, 3.63) is 34.1 Å². The standard InChI is InChI=1S/C16H22BrFN2O/c1-12(2)6-7-19-8-10-20(11-9-19)16(21)15-13(17)4-3-5-14(15)18/h3-5,12H,6-11H2,1-2H3. The molecule has 1 fully saturated rings. The number of halogens is 2. The van der Waals surface area contributed by atoms with Crippen molar-refractivity contribution in [1.29, 1.82) is 0 Å². The van der Waals surface area contributed by atoms with Gasteiger partial charge in [-0.15, -0.1) is 0 Å². The third-order valence-corrected chi connectivity index (χ3v) is 4.52. The van der Waals surface area contributed by atoms with E-state index in [1.807, 2.05) is 0 Å². The number of hydrogen-bond acceptors (Lipinski definition) is 2. The third-order valence-electron chi connectivity index (χ3n) is 3.86. The van der Waals surface area contributed by atoms with E-state index < -0.39 is 5.82 Å². The molecule has 1 aliphatic heterocycles. The van der Waals surface area contributed by atoms with Gasteiger partial charge in [-0.3, -0.25) is 9.69 Å². The van der Waals surface area contributed by atoms with Crippen molar-refractivity contribution >= 4 is 21.8 Å². The third kappa shape index (κ3) is 4.27. The largest absolute Gasteiger partial charge is 0.336 e. The van der Waals surface area contributed by atoms with E-state index in [4.69, 9.17) is 0 Å². The van der Waals surface area contributed by atoms with E-state index in [1.54, 1.807) is 17.0 Å². The number of rotatable bonds is 4. The van der Waals surface area contributed by atoms with Crippen molar-refractivity contribution in [1.82, 2.24) is 9.80 Å². The lowest BCUT2D eigenvalue weighted by atomic mass is 10.1. The van der Waals surface area contributed by atoms with Gasteiger partial charge >= 0.3 is 0 Å². The summed E-state index contributed by atoms with van der Waals surface area (Å²) < 4.78 is 14.4. The fourth-order valence-corrected chi connectivity index (χ4v) is 2.99. The SMILES string of the molecule is CC(C)CCN1CCN(C(=O)c2c(F)cccc2Br)CC1. The Kier molecular flexibility index (Phi) is 5.76. The molecule has 0 saturated carbocycles. The van der Waals surface area contributed by atoms with Gasteiger partial charge in [-0.05, 0) is 46.9 Å². The summed E-state index contributed by atoms with van der Waals surface area (Å²) in [6.07, 6.45) is 1.17. The number of benzene rings is 1. The molecule has 5 heteroatoms. The Morgan fingerprint density at radius 1 is 1.29 bits per heavy atom. The van der Waals surface area contributed by atoms with Crippen molar-refractivity contribution in [2.75, 3.05) is 32.7 Å². The maximum Gasteiger partial charge on any atom is 0.258 e. The maximum absolute atomic E-state index is 13.9. The van der Waals surface area contributed by atoms with Crippen LogP contribution in [0.5, 0.6) is 0 Å². The van der Waals surface area contributed by atoms with Crippen LogP contribution in [0.25, 0.3) is 0 Å². The van der Waals surface area contributed by atoms with Crippen LogP contribution in [0.1, 0.15) is 30.6 Å². The molecule has 1 amide bonds. The molecular formula is C16H22BrFN2O. The van der Waals surface area contributed by atoms with Gasteiger partial charge in [-0.25, -0.2) is 4.39 Å². The van der Waals surface area contributed by atoms with Gasteiger partial charge in [0.25, 0.3) is 5.91 Å². The van der Waals surface area contributed by atoms with Crippen LogP contribution in [-0.2, 0) is 0 Å². The minimum Gasteiger partial charge on any atom is -0.336 e. The lowest BCUT2D eigenvalue weighted by Gasteiger charge is -2.35. The Bertz CT molecular complexity index is 479. The molecule has 0 aromatic heterocycles. The van der Waals surface area contributed by atoms with Gasteiger partial charge in [0.1, 0.15) is 5.82 Å². The number of amides is 1. The minimum absolute atomic E-state index is 0.146. The molecule has 1 saturated heterocycles. The number of carbonyl (C=O) groups is 1. The highest BCUT2D eigenvalue weighted by Gasteiger charge is 2.25. The summed E-state index contributed by atoms with van der Waals surface area (Å²) in [6, 6.07) is 4.63. The van der Waals surface area contributed by atoms with Crippen LogP contribution in [0.15, 0.2) is 22.7 Å². The maximum atomic E-state index is 13.9. The second kappa shape index (κ2) is 7.36. The normalized spacial score (nSPS) is 16.5. The summed E-state index contributed by atoms with van der Waals surface area (Å²) in [4.78, 5) is 16.6. The van der Waals surface area contributed by atoms with Crippen molar-refractivity contribution in [3.63, 3.8) is 0 Å². The molecule has 0 spiro atoms. The molecule has 0 N–H and O–H groups in total. The minimum atomic E-state index is -0.461. The van der Waals surface area contributed by atoms with E-state index in [9.17, 15) is 9.18 Å². The molecule has 1 heterocycles. The first kappa shape index (κ1) is 16.4. The molecule has 0 radical (unpaired) electrons. The van der Waals surface area contributed by atoms with Crippen LogP contribution in [0.2, 0.25) is 0 Å². The zero-order valence-electron chi connectivity index (χ0n) is 12.6. The highest BCUT2D eigenvalue weighted by Crippen LogP contribution is 2.22. The summed E-state index contributed by atoms with van der Waals surface area (Å²) >= 11 is 3.27. The van der Waals surface area contributed by atoms with E-state index in [2.05, 4.69) is 34.7 Å². The van der Waals surface area contributed by atoms with Gasteiger partial charge in [0, 0.05) is 30.7 Å². The average molecular weight is 357 g/mol. The summed E-state index contributed by atoms with van der Waals surface area (Å²) in [5, 5.41) is 0. The smallest absolute Gasteiger partial charge is 0.258 e. The first-order valence-corrected chi connectivity index (χ1v) is 8.24. The van der Waals surface area contributed by atoms with Gasteiger partial charge in [0.2, 0.25) is 0 Å². The predicted octanol–water partition coefficient (Wildman–Crippen LogP) is 3.39. The number of carbonyl (C=O) groups excluding carboxylic acids is 1. The highest BCUT2D eigenvalue weighted by atomic mass is 79.9. The number of piperazine rings is 1. The van der Waals surface area contributed by atoms with Gasteiger partial charge in [0.05, 0.1) is 5.56 Å². The van der Waals surface area contributed by atoms with Crippen LogP contribution in [0.3, 0.4) is 0 Å². The average Bonchev–Trinajstić information content (AvgIpc) is 2.45. The molecule has 0 unspecified atom stereocenters. The molecule has 1 aromatic rings. The molecule has 3 nitrogen and oxygen atoms in total. The molecule has 1 aliphatic rings. The second-order valence-corrected chi connectivity index (χ2v) is 6.77. The van der Waals surface area contributed by atoms with E-state index >= 15 is 0 Å². The summed E-state index contributed by atoms with van der Waals surface area (Å²) in [7, 11) is 0. The fourth-order valence-electron chi connectivity index (χ4n) is 2.48. The predicted molar refractivity (Wildman–Crippen MR) is 85.9 cm³/mol. The Labute approximate surface area is 134 Å². The number of nitrogens with zero attached hydrogens (tertiary/aromatic N) is 2. The first-order chi connectivity index (χ1) is 9.99. The fraction of sp³-hybridized carbons (Fsp3) is 0.562. The molecule has 0 aliphatic carbocycles. The van der Waals surface area contributed by atoms with Gasteiger partial charge in [0.15, 0.2) is 0 Å². The van der Waals surface area contributed by atoms with E-state index in [0.29, 0.717) is 23.5 Å². The van der Waals surface area contributed by atoms with Crippen molar-refractivity contribution in [2.24, 2.45) is 5.92 Å². The molecule has 21 heavy (non-hydrogen) atoms. The lowest BCUT2D eigenvalue weighted by molar-refractivity contribution is 0.0626. The van der Waals surface area contributed by atoms with Crippen LogP contribution >= 0.6 is 15.9 Å². The van der Waals surface area contributed by atoms with E-state index in [-0.39, 0.29) is 11.5 Å². The van der Waals surface area contributed by atoms with Crippen LogP contribution in [0.4, 0.5) is 4.39 Å². The quantitative estimate of drug-likeness (QED) is 0.825. The first-order valence-electron chi connectivity index (χ1n) is 7.44. The van der Waals surface area contributed by atoms with Crippen molar-refractivity contribution in [3.8, 4) is 0 Å². The Hall–Kier alpha value is -0.940. The Morgan fingerprint density at radius 3 is 2.52 bits per heavy atom. The molecule has 2 rings (SSSR count). The Morgan fingerprint density at radius 2 is 1.95 bits per heavy atom. The monoisotopic (exact) mass is 356 g/mol. The van der Waals surface area contributed by atoms with Crippen LogP contribution in [-0.4, -0.2) is 48.4 Å². The zero-order chi connectivity index (χ0) is 15.4. The van der Waals surface area contributed by atoms with Crippen LogP contribution in [0, 0.1) is 11.7 Å². The summed E-state index contributed by atoms with van der Waals surface area (Å²) in [5.41, 5.74) is 0.146. The van der Waals surface area contributed by atoms with Gasteiger partial charge in [-0.2, -0.15) is 0 Å². The van der Waals surface area contributed by atoms with E-state index in [1.165, 1.54) is 12.5 Å². The Balaban J connectivity index is 1.94. The number of hydrogen-bond donors (Lipinski definition) is 0. The summed E-state index contributed by atoms with van der Waals surface area (Å²) in [6.45, 7) is 8.57. The summed E-state index contributed by atoms with van der Waals surface area (Å²) in [5.74, 6) is 0.0131. The van der Waals surface area contributed by atoms with Crippen molar-refractivity contribution < 1.29 is 9.18 Å². The molecule has 0 atom stereocenters. The zero-order valence-corrected chi connectivity index (χ0v) is 14.2. The highest BCUT2D eigenvalue weighted by molar-refractivity contribution is 9.10. The lowest BCUT2D eigenvalue weighted by Crippen LogP contribution is -2.49. The topological polar surface area (TPSA) is 23.6 Å². The van der Waals surface area contributed by atoms with E-state index in [0.717, 1.165) is 19.6 Å². The van der Waals surface area contributed by atoms with Crippen LogP contribution < -0.4 is 0 Å². The van der Waals surface area contributed by atoms with Gasteiger partial charge in [-0.1, -0.05) is 19.9 Å². The van der Waals surface area contributed by atoms with Gasteiger partial charge < -0.3 is 4.90 Å². The van der Waals surface area contributed by atoms with Crippen molar-refractivity contribution in [2.45, 2.75) is 20.3 Å².